The molecule has 0 saturated heterocycles. The Balaban J connectivity index is 1.03. The monoisotopic (exact) mass is 689 g/mol. The predicted octanol–water partition coefficient (Wildman–Crippen LogP) is 13.3. The van der Waals surface area contributed by atoms with Crippen LogP contribution in [0.2, 0.25) is 0 Å². The SMILES string of the molecule is c1ccc(-c2ccc(-c3nc(-c4ccc(-c5ccc6c(c5)c5c7c(ccc5n6-c5ccccc5)oc5ccccc57)cc4)nc4ccccc34)cc2)cc1. The second-order valence-corrected chi connectivity index (χ2v) is 13.8. The Kier molecular flexibility index (Phi) is 6.82. The summed E-state index contributed by atoms with van der Waals surface area (Å²) in [5.41, 5.74) is 13.8. The second-order valence-electron chi connectivity index (χ2n) is 13.8. The third-order valence-electron chi connectivity index (χ3n) is 10.6. The molecule has 0 aliphatic carbocycles. The molecular formula is C50H31N3O. The van der Waals surface area contributed by atoms with Gasteiger partial charge in [0, 0.05) is 43.7 Å². The van der Waals surface area contributed by atoms with Crippen LogP contribution in [0.1, 0.15) is 0 Å². The average molecular weight is 690 g/mol. The first kappa shape index (κ1) is 30.3. The minimum atomic E-state index is 0.706. The highest BCUT2D eigenvalue weighted by atomic mass is 16.3. The molecule has 4 heteroatoms. The number of nitrogens with zero attached hydrogens (tertiary/aromatic N) is 3. The fourth-order valence-corrected chi connectivity index (χ4v) is 8.05. The van der Waals surface area contributed by atoms with E-state index in [9.17, 15) is 0 Å². The summed E-state index contributed by atoms with van der Waals surface area (Å²) in [4.78, 5) is 10.2. The van der Waals surface area contributed by atoms with Crippen LogP contribution in [0.4, 0.5) is 0 Å². The summed E-state index contributed by atoms with van der Waals surface area (Å²) in [5, 5.41) is 5.70. The van der Waals surface area contributed by atoms with Crippen molar-refractivity contribution in [3.05, 3.63) is 188 Å². The van der Waals surface area contributed by atoms with Crippen molar-refractivity contribution in [2.45, 2.75) is 0 Å². The van der Waals surface area contributed by atoms with Crippen molar-refractivity contribution in [3.63, 3.8) is 0 Å². The summed E-state index contributed by atoms with van der Waals surface area (Å²) in [6, 6.07) is 66.1. The van der Waals surface area contributed by atoms with E-state index in [1.807, 2.05) is 24.3 Å². The van der Waals surface area contributed by atoms with Crippen LogP contribution in [-0.2, 0) is 0 Å². The number of para-hydroxylation sites is 3. The summed E-state index contributed by atoms with van der Waals surface area (Å²) in [5.74, 6) is 0.706. The highest BCUT2D eigenvalue weighted by Crippen LogP contribution is 2.42. The first-order chi connectivity index (χ1) is 26.8. The molecule has 0 amide bonds. The van der Waals surface area contributed by atoms with Gasteiger partial charge in [-0.1, -0.05) is 140 Å². The number of fused-ring (bicyclic) bond motifs is 8. The predicted molar refractivity (Wildman–Crippen MR) is 223 cm³/mol. The number of aromatic nitrogens is 3. The van der Waals surface area contributed by atoms with Crippen LogP contribution in [0.3, 0.4) is 0 Å². The first-order valence-corrected chi connectivity index (χ1v) is 18.2. The number of benzene rings is 8. The molecule has 0 atom stereocenters. The van der Waals surface area contributed by atoms with Gasteiger partial charge in [0.25, 0.3) is 0 Å². The largest absolute Gasteiger partial charge is 0.456 e. The lowest BCUT2D eigenvalue weighted by atomic mass is 9.99. The molecule has 0 aliphatic heterocycles. The Bertz CT molecular complexity index is 3180. The van der Waals surface area contributed by atoms with Crippen molar-refractivity contribution in [1.82, 2.24) is 14.5 Å². The molecule has 252 valence electrons. The van der Waals surface area contributed by atoms with Gasteiger partial charge < -0.3 is 8.98 Å². The zero-order valence-corrected chi connectivity index (χ0v) is 29.1. The molecule has 3 heterocycles. The van der Waals surface area contributed by atoms with Gasteiger partial charge in [0.05, 0.1) is 22.2 Å². The van der Waals surface area contributed by atoms with Crippen molar-refractivity contribution < 1.29 is 4.42 Å². The standard InChI is InChI=1S/C50H31N3O/c1-3-11-32(12-4-1)33-19-23-35(24-20-33)49-39-15-7-9-17-42(39)51-50(52-49)36-25-21-34(22-26-36)37-27-28-43-41(31-37)47-44(53(43)38-13-5-2-6-14-38)29-30-46-48(47)40-16-8-10-18-45(40)54-46/h1-31H. The van der Waals surface area contributed by atoms with E-state index >= 15 is 0 Å². The van der Waals surface area contributed by atoms with E-state index in [0.29, 0.717) is 5.82 Å². The quantitative estimate of drug-likeness (QED) is 0.181. The highest BCUT2D eigenvalue weighted by molar-refractivity contribution is 6.27. The van der Waals surface area contributed by atoms with Crippen LogP contribution in [-0.4, -0.2) is 14.5 Å². The van der Waals surface area contributed by atoms with Gasteiger partial charge in [0.15, 0.2) is 5.82 Å². The van der Waals surface area contributed by atoms with E-state index in [1.165, 1.54) is 21.9 Å². The van der Waals surface area contributed by atoms with Crippen LogP contribution in [0.5, 0.6) is 0 Å². The lowest BCUT2D eigenvalue weighted by Crippen LogP contribution is -1.95. The van der Waals surface area contributed by atoms with Gasteiger partial charge >= 0.3 is 0 Å². The van der Waals surface area contributed by atoms with Crippen LogP contribution < -0.4 is 0 Å². The maximum absolute atomic E-state index is 6.36. The molecule has 54 heavy (non-hydrogen) atoms. The zero-order valence-electron chi connectivity index (χ0n) is 29.1. The first-order valence-electron chi connectivity index (χ1n) is 18.2. The third kappa shape index (κ3) is 4.85. The van der Waals surface area contributed by atoms with Crippen LogP contribution in [0, 0.1) is 0 Å². The molecule has 0 fully saturated rings. The second kappa shape index (κ2) is 12.1. The molecule has 0 aliphatic rings. The number of furan rings is 1. The molecule has 4 nitrogen and oxygen atoms in total. The molecule has 11 rings (SSSR count). The molecule has 3 aromatic heterocycles. The fourth-order valence-electron chi connectivity index (χ4n) is 8.05. The lowest BCUT2D eigenvalue weighted by Gasteiger charge is -2.11. The van der Waals surface area contributed by atoms with Gasteiger partial charge in [-0.15, -0.1) is 0 Å². The molecule has 0 radical (unpaired) electrons. The van der Waals surface area contributed by atoms with Crippen molar-refractivity contribution in [1.29, 1.82) is 0 Å². The molecule has 0 N–H and O–H groups in total. The average Bonchev–Trinajstić information content (AvgIpc) is 3.79. The Hall–Kier alpha value is -7.30. The Labute approximate surface area is 311 Å². The molecule has 0 saturated carbocycles. The van der Waals surface area contributed by atoms with Crippen LogP contribution in [0.15, 0.2) is 192 Å². The van der Waals surface area contributed by atoms with Gasteiger partial charge in [-0.25, -0.2) is 9.97 Å². The Morgan fingerprint density at radius 1 is 0.370 bits per heavy atom. The minimum absolute atomic E-state index is 0.706. The number of rotatable bonds is 5. The van der Waals surface area contributed by atoms with Gasteiger partial charge in [-0.3, -0.25) is 0 Å². The van der Waals surface area contributed by atoms with E-state index in [0.717, 1.165) is 77.5 Å². The van der Waals surface area contributed by atoms with Crippen molar-refractivity contribution in [2.75, 3.05) is 0 Å². The Morgan fingerprint density at radius 2 is 0.963 bits per heavy atom. The smallest absolute Gasteiger partial charge is 0.160 e. The summed E-state index contributed by atoms with van der Waals surface area (Å²) in [6.07, 6.45) is 0. The summed E-state index contributed by atoms with van der Waals surface area (Å²) < 4.78 is 8.72. The summed E-state index contributed by atoms with van der Waals surface area (Å²) in [6.45, 7) is 0. The fraction of sp³-hybridized carbons (Fsp3) is 0. The maximum Gasteiger partial charge on any atom is 0.160 e. The van der Waals surface area contributed by atoms with E-state index < -0.39 is 0 Å². The number of hydrogen-bond acceptors (Lipinski definition) is 3. The minimum Gasteiger partial charge on any atom is -0.456 e. The van der Waals surface area contributed by atoms with E-state index in [2.05, 4.69) is 168 Å². The Morgan fingerprint density at radius 3 is 1.76 bits per heavy atom. The number of hydrogen-bond donors (Lipinski definition) is 0. The third-order valence-corrected chi connectivity index (χ3v) is 10.6. The van der Waals surface area contributed by atoms with Gasteiger partial charge in [0.2, 0.25) is 0 Å². The molecular weight excluding hydrogens is 659 g/mol. The highest BCUT2D eigenvalue weighted by Gasteiger charge is 2.19. The van der Waals surface area contributed by atoms with Gasteiger partial charge in [-0.2, -0.15) is 0 Å². The molecule has 0 unspecified atom stereocenters. The van der Waals surface area contributed by atoms with Gasteiger partial charge in [0.1, 0.15) is 11.2 Å². The molecule has 0 spiro atoms. The summed E-state index contributed by atoms with van der Waals surface area (Å²) in [7, 11) is 0. The summed E-state index contributed by atoms with van der Waals surface area (Å²) >= 11 is 0. The lowest BCUT2D eigenvalue weighted by molar-refractivity contribution is 0.669. The van der Waals surface area contributed by atoms with E-state index in [1.54, 1.807) is 0 Å². The van der Waals surface area contributed by atoms with Gasteiger partial charge in [-0.05, 0) is 70.8 Å². The van der Waals surface area contributed by atoms with E-state index in [4.69, 9.17) is 14.4 Å². The molecule has 8 aromatic carbocycles. The van der Waals surface area contributed by atoms with Crippen molar-refractivity contribution >= 4 is 54.6 Å². The zero-order chi connectivity index (χ0) is 35.6. The van der Waals surface area contributed by atoms with E-state index in [-0.39, 0.29) is 0 Å². The van der Waals surface area contributed by atoms with Crippen LogP contribution in [0.25, 0.3) is 105 Å². The van der Waals surface area contributed by atoms with Crippen LogP contribution >= 0.6 is 0 Å². The van der Waals surface area contributed by atoms with Crippen molar-refractivity contribution in [2.24, 2.45) is 0 Å². The normalized spacial score (nSPS) is 11.7. The topological polar surface area (TPSA) is 43.9 Å². The van der Waals surface area contributed by atoms with Crippen molar-refractivity contribution in [3.8, 4) is 50.6 Å². The molecule has 0 bridgehead atoms. The maximum atomic E-state index is 6.36. The molecule has 11 aromatic rings.